The Kier molecular flexibility index (Phi) is 5.81. The summed E-state index contributed by atoms with van der Waals surface area (Å²) in [5, 5.41) is 21.5. The molecule has 0 saturated carbocycles. The van der Waals surface area contributed by atoms with Gasteiger partial charge in [0.1, 0.15) is 24.9 Å². The molecule has 0 bridgehead atoms. The number of hydrogen-bond donors (Lipinski definition) is 2. The first-order valence-corrected chi connectivity index (χ1v) is 7.12. The van der Waals surface area contributed by atoms with Crippen LogP contribution in [0.2, 0.25) is 10.0 Å². The highest BCUT2D eigenvalue weighted by Gasteiger charge is 2.10. The quantitative estimate of drug-likeness (QED) is 0.807. The summed E-state index contributed by atoms with van der Waals surface area (Å²) in [4.78, 5) is 0. The third-order valence-electron chi connectivity index (χ3n) is 2.81. The van der Waals surface area contributed by atoms with Crippen LogP contribution in [0.1, 0.15) is 5.82 Å². The van der Waals surface area contributed by atoms with Crippen molar-refractivity contribution in [1.82, 2.24) is 20.1 Å². The van der Waals surface area contributed by atoms with E-state index in [-0.39, 0.29) is 6.61 Å². The van der Waals surface area contributed by atoms with Gasteiger partial charge in [-0.15, -0.1) is 10.2 Å². The number of halogens is 2. The summed E-state index contributed by atoms with van der Waals surface area (Å²) in [7, 11) is 1.86. The van der Waals surface area contributed by atoms with Gasteiger partial charge < -0.3 is 19.7 Å². The third-order valence-corrected chi connectivity index (χ3v) is 3.40. The van der Waals surface area contributed by atoms with E-state index < -0.39 is 6.10 Å². The molecule has 21 heavy (non-hydrogen) atoms. The van der Waals surface area contributed by atoms with Crippen LogP contribution in [0.3, 0.4) is 0 Å². The van der Waals surface area contributed by atoms with Gasteiger partial charge in [-0.3, -0.25) is 0 Å². The van der Waals surface area contributed by atoms with E-state index in [1.54, 1.807) is 29.1 Å². The van der Waals surface area contributed by atoms with Crippen LogP contribution in [0.5, 0.6) is 5.75 Å². The molecule has 114 valence electrons. The van der Waals surface area contributed by atoms with Crippen molar-refractivity contribution in [3.8, 4) is 5.75 Å². The highest BCUT2D eigenvalue weighted by Crippen LogP contribution is 2.32. The minimum Gasteiger partial charge on any atom is -0.488 e. The predicted octanol–water partition coefficient (Wildman–Crippen LogP) is 1.65. The summed E-state index contributed by atoms with van der Waals surface area (Å²) in [6.45, 7) is 0.963. The molecule has 0 radical (unpaired) electrons. The Bertz CT molecular complexity index is 571. The lowest BCUT2D eigenvalue weighted by Crippen LogP contribution is -2.31. The van der Waals surface area contributed by atoms with Gasteiger partial charge in [-0.05, 0) is 12.1 Å². The molecule has 1 aromatic carbocycles. The molecule has 0 fully saturated rings. The molecule has 0 aliphatic heterocycles. The fraction of sp³-hybridized carbons (Fsp3) is 0.385. The lowest BCUT2D eigenvalue weighted by atomic mass is 10.3. The van der Waals surface area contributed by atoms with Crippen LogP contribution in [0.25, 0.3) is 0 Å². The lowest BCUT2D eigenvalue weighted by Gasteiger charge is -2.14. The zero-order valence-electron chi connectivity index (χ0n) is 11.5. The van der Waals surface area contributed by atoms with Gasteiger partial charge in [0.15, 0.2) is 5.75 Å². The van der Waals surface area contributed by atoms with Crippen LogP contribution in [0.15, 0.2) is 24.5 Å². The van der Waals surface area contributed by atoms with Crippen molar-refractivity contribution in [3.05, 3.63) is 40.4 Å². The first kappa shape index (κ1) is 16.0. The van der Waals surface area contributed by atoms with E-state index in [0.29, 0.717) is 28.9 Å². The molecule has 1 aromatic heterocycles. The number of aliphatic hydroxyl groups is 1. The largest absolute Gasteiger partial charge is 0.488 e. The smallest absolute Gasteiger partial charge is 0.156 e. The maximum Gasteiger partial charge on any atom is 0.156 e. The van der Waals surface area contributed by atoms with Gasteiger partial charge in [-0.25, -0.2) is 0 Å². The molecule has 1 unspecified atom stereocenters. The number of nitrogens with zero attached hydrogens (tertiary/aromatic N) is 3. The molecule has 0 spiro atoms. The Balaban J connectivity index is 1.75. The fourth-order valence-electron chi connectivity index (χ4n) is 1.68. The normalized spacial score (nSPS) is 12.4. The standard InChI is InChI=1S/C13H16Cl2N4O2/c1-19-8-17-18-12(19)6-16-5-9(20)7-21-13-10(14)3-2-4-11(13)15/h2-4,8-9,16,20H,5-7H2,1H3. The number of aromatic nitrogens is 3. The van der Waals surface area contributed by atoms with E-state index in [9.17, 15) is 5.11 Å². The second-order valence-electron chi connectivity index (χ2n) is 4.50. The van der Waals surface area contributed by atoms with E-state index in [1.807, 2.05) is 7.05 Å². The lowest BCUT2D eigenvalue weighted by molar-refractivity contribution is 0.106. The molecular formula is C13H16Cl2N4O2. The van der Waals surface area contributed by atoms with Crippen molar-refractivity contribution in [2.24, 2.45) is 7.05 Å². The number of aryl methyl sites for hydroxylation is 1. The Morgan fingerprint density at radius 1 is 1.38 bits per heavy atom. The van der Waals surface area contributed by atoms with Gasteiger partial charge >= 0.3 is 0 Å². The van der Waals surface area contributed by atoms with Crippen LogP contribution >= 0.6 is 23.2 Å². The van der Waals surface area contributed by atoms with Crippen LogP contribution in [0, 0.1) is 0 Å². The average Bonchev–Trinajstić information content (AvgIpc) is 2.84. The summed E-state index contributed by atoms with van der Waals surface area (Å²) in [6, 6.07) is 5.10. The average molecular weight is 331 g/mol. The molecule has 2 rings (SSSR count). The summed E-state index contributed by atoms with van der Waals surface area (Å²) >= 11 is 12.0. The highest BCUT2D eigenvalue weighted by molar-refractivity contribution is 6.37. The Morgan fingerprint density at radius 2 is 2.10 bits per heavy atom. The minimum atomic E-state index is -0.689. The van der Waals surface area contributed by atoms with E-state index >= 15 is 0 Å². The van der Waals surface area contributed by atoms with Crippen LogP contribution in [0.4, 0.5) is 0 Å². The maximum atomic E-state index is 9.87. The van der Waals surface area contributed by atoms with Crippen molar-refractivity contribution in [2.45, 2.75) is 12.6 Å². The summed E-state index contributed by atoms with van der Waals surface area (Å²) in [5.41, 5.74) is 0. The van der Waals surface area contributed by atoms with Crippen molar-refractivity contribution in [3.63, 3.8) is 0 Å². The molecule has 0 aliphatic carbocycles. The van der Waals surface area contributed by atoms with Crippen molar-refractivity contribution in [1.29, 1.82) is 0 Å². The van der Waals surface area contributed by atoms with Gasteiger partial charge in [0.25, 0.3) is 0 Å². The summed E-state index contributed by atoms with van der Waals surface area (Å²) < 4.78 is 7.26. The van der Waals surface area contributed by atoms with E-state index in [0.717, 1.165) is 5.82 Å². The molecule has 0 aliphatic rings. The van der Waals surface area contributed by atoms with Crippen molar-refractivity contribution < 1.29 is 9.84 Å². The zero-order valence-corrected chi connectivity index (χ0v) is 13.0. The Morgan fingerprint density at radius 3 is 2.71 bits per heavy atom. The number of nitrogens with one attached hydrogen (secondary N) is 1. The van der Waals surface area contributed by atoms with E-state index in [4.69, 9.17) is 27.9 Å². The maximum absolute atomic E-state index is 9.87. The minimum absolute atomic E-state index is 0.0925. The van der Waals surface area contributed by atoms with Gasteiger partial charge in [0.2, 0.25) is 0 Å². The van der Waals surface area contributed by atoms with Crippen LogP contribution in [-0.4, -0.2) is 39.1 Å². The number of para-hydroxylation sites is 1. The van der Waals surface area contributed by atoms with Gasteiger partial charge in [-0.2, -0.15) is 0 Å². The van der Waals surface area contributed by atoms with E-state index in [2.05, 4.69) is 15.5 Å². The topological polar surface area (TPSA) is 72.2 Å². The molecule has 0 saturated heterocycles. The van der Waals surface area contributed by atoms with Crippen LogP contribution in [-0.2, 0) is 13.6 Å². The SMILES string of the molecule is Cn1cnnc1CNCC(O)COc1c(Cl)cccc1Cl. The summed E-state index contributed by atoms with van der Waals surface area (Å²) in [6.07, 6.45) is 0.932. The molecule has 1 heterocycles. The molecule has 0 amide bonds. The Hall–Kier alpha value is -1.34. The summed E-state index contributed by atoms with van der Waals surface area (Å²) in [5.74, 6) is 1.17. The second kappa shape index (κ2) is 7.61. The first-order valence-electron chi connectivity index (χ1n) is 6.36. The first-order chi connectivity index (χ1) is 10.1. The fourth-order valence-corrected chi connectivity index (χ4v) is 2.18. The van der Waals surface area contributed by atoms with Crippen molar-refractivity contribution in [2.75, 3.05) is 13.2 Å². The van der Waals surface area contributed by atoms with Gasteiger partial charge in [0, 0.05) is 13.6 Å². The molecule has 6 nitrogen and oxygen atoms in total. The zero-order chi connectivity index (χ0) is 15.2. The number of benzene rings is 1. The van der Waals surface area contributed by atoms with E-state index in [1.165, 1.54) is 0 Å². The number of hydrogen-bond acceptors (Lipinski definition) is 5. The number of rotatable bonds is 7. The van der Waals surface area contributed by atoms with Gasteiger partial charge in [0.05, 0.1) is 16.6 Å². The Labute approximate surface area is 132 Å². The number of aliphatic hydroxyl groups excluding tert-OH is 1. The molecule has 2 aromatic rings. The molecular weight excluding hydrogens is 315 g/mol. The highest BCUT2D eigenvalue weighted by atomic mass is 35.5. The van der Waals surface area contributed by atoms with Crippen molar-refractivity contribution >= 4 is 23.2 Å². The van der Waals surface area contributed by atoms with Crippen LogP contribution < -0.4 is 10.1 Å². The molecule has 8 heteroatoms. The molecule has 1 atom stereocenters. The monoisotopic (exact) mass is 330 g/mol. The second-order valence-corrected chi connectivity index (χ2v) is 5.32. The molecule has 2 N–H and O–H groups in total. The number of ether oxygens (including phenoxy) is 1. The predicted molar refractivity (Wildman–Crippen MR) is 80.7 cm³/mol. The van der Waals surface area contributed by atoms with Gasteiger partial charge in [-0.1, -0.05) is 29.3 Å². The third kappa shape index (κ3) is 4.57.